The highest BCUT2D eigenvalue weighted by Crippen LogP contribution is 2.08. The lowest BCUT2D eigenvalue weighted by Gasteiger charge is -2.01. The fourth-order valence-corrected chi connectivity index (χ4v) is 2.12. The lowest BCUT2D eigenvalue weighted by molar-refractivity contribution is -0.111. The Morgan fingerprint density at radius 1 is 1.13 bits per heavy atom. The number of aromatic nitrogens is 3. The molecular formula is C18H16N4O. The van der Waals surface area contributed by atoms with Gasteiger partial charge in [-0.3, -0.25) is 14.5 Å². The van der Waals surface area contributed by atoms with Crippen molar-refractivity contribution in [3.8, 4) is 0 Å². The van der Waals surface area contributed by atoms with Crippen LogP contribution < -0.4 is 5.32 Å². The number of carbonyl (C=O) groups is 1. The first-order valence-corrected chi connectivity index (χ1v) is 7.25. The van der Waals surface area contributed by atoms with Crippen molar-refractivity contribution >= 4 is 17.7 Å². The van der Waals surface area contributed by atoms with Crippen LogP contribution in [0.3, 0.4) is 0 Å². The van der Waals surface area contributed by atoms with Crippen molar-refractivity contribution in [1.82, 2.24) is 14.8 Å². The predicted molar refractivity (Wildman–Crippen MR) is 89.7 cm³/mol. The van der Waals surface area contributed by atoms with Crippen molar-refractivity contribution in [2.24, 2.45) is 0 Å². The molecular weight excluding hydrogens is 288 g/mol. The summed E-state index contributed by atoms with van der Waals surface area (Å²) in [6.07, 6.45) is 10.0. The number of amides is 1. The molecule has 2 heterocycles. The van der Waals surface area contributed by atoms with Crippen molar-refractivity contribution < 1.29 is 4.79 Å². The maximum absolute atomic E-state index is 11.9. The molecule has 1 amide bonds. The van der Waals surface area contributed by atoms with Gasteiger partial charge in [-0.25, -0.2) is 0 Å². The summed E-state index contributed by atoms with van der Waals surface area (Å²) in [6.45, 7) is 0.669. The van der Waals surface area contributed by atoms with Gasteiger partial charge in [-0.15, -0.1) is 0 Å². The van der Waals surface area contributed by atoms with Crippen LogP contribution in [-0.2, 0) is 11.3 Å². The van der Waals surface area contributed by atoms with Gasteiger partial charge in [0.2, 0.25) is 5.91 Å². The summed E-state index contributed by atoms with van der Waals surface area (Å²) in [5.74, 6) is -0.201. The molecule has 3 aromatic rings. The molecule has 0 spiro atoms. The maximum Gasteiger partial charge on any atom is 0.248 e. The van der Waals surface area contributed by atoms with Gasteiger partial charge in [0.05, 0.1) is 18.4 Å². The highest BCUT2D eigenvalue weighted by molar-refractivity contribution is 6.01. The Bertz CT molecular complexity index is 794. The summed E-state index contributed by atoms with van der Waals surface area (Å²) in [5, 5.41) is 7.04. The van der Waals surface area contributed by atoms with Crippen molar-refractivity contribution in [3.05, 3.63) is 84.5 Å². The minimum Gasteiger partial charge on any atom is -0.320 e. The Labute approximate surface area is 134 Å². The average Bonchev–Trinajstić information content (AvgIpc) is 3.02. The van der Waals surface area contributed by atoms with Gasteiger partial charge in [-0.05, 0) is 23.3 Å². The SMILES string of the molecule is O=C(C=Cc1cccnc1)Nc1cnn(Cc2ccccc2)c1. The second-order valence-electron chi connectivity index (χ2n) is 5.02. The van der Waals surface area contributed by atoms with Crippen LogP contribution in [0.2, 0.25) is 0 Å². The summed E-state index contributed by atoms with van der Waals surface area (Å²) < 4.78 is 1.79. The third kappa shape index (κ3) is 4.38. The molecule has 23 heavy (non-hydrogen) atoms. The van der Waals surface area contributed by atoms with E-state index >= 15 is 0 Å². The predicted octanol–water partition coefficient (Wildman–Crippen LogP) is 2.98. The molecule has 0 saturated heterocycles. The molecule has 1 N–H and O–H groups in total. The van der Waals surface area contributed by atoms with Crippen LogP contribution in [0.1, 0.15) is 11.1 Å². The van der Waals surface area contributed by atoms with E-state index in [-0.39, 0.29) is 5.91 Å². The lowest BCUT2D eigenvalue weighted by Crippen LogP contribution is -2.07. The van der Waals surface area contributed by atoms with E-state index in [1.807, 2.05) is 48.7 Å². The smallest absolute Gasteiger partial charge is 0.248 e. The number of nitrogens with zero attached hydrogens (tertiary/aromatic N) is 3. The third-order valence-corrected chi connectivity index (χ3v) is 3.20. The Kier molecular flexibility index (Phi) is 4.59. The van der Waals surface area contributed by atoms with E-state index in [1.165, 1.54) is 6.08 Å². The molecule has 5 nitrogen and oxygen atoms in total. The molecule has 0 aliphatic heterocycles. The number of nitrogens with one attached hydrogen (secondary N) is 1. The van der Waals surface area contributed by atoms with E-state index in [1.54, 1.807) is 29.3 Å². The average molecular weight is 304 g/mol. The first-order chi connectivity index (χ1) is 11.3. The molecule has 0 aliphatic carbocycles. The molecule has 0 atom stereocenters. The molecule has 3 rings (SSSR count). The molecule has 1 aromatic carbocycles. The summed E-state index contributed by atoms with van der Waals surface area (Å²) in [5.41, 5.74) is 2.70. The Morgan fingerprint density at radius 3 is 2.78 bits per heavy atom. The lowest BCUT2D eigenvalue weighted by atomic mass is 10.2. The largest absolute Gasteiger partial charge is 0.320 e. The maximum atomic E-state index is 11.9. The standard InChI is InChI=1S/C18H16N4O/c23-18(9-8-15-7-4-10-19-11-15)21-17-12-20-22(14-17)13-16-5-2-1-3-6-16/h1-12,14H,13H2,(H,21,23). The first kappa shape index (κ1) is 14.7. The second kappa shape index (κ2) is 7.17. The fourth-order valence-electron chi connectivity index (χ4n) is 2.12. The van der Waals surface area contributed by atoms with E-state index < -0.39 is 0 Å². The number of benzene rings is 1. The summed E-state index contributed by atoms with van der Waals surface area (Å²) >= 11 is 0. The fraction of sp³-hybridized carbons (Fsp3) is 0.0556. The molecule has 0 saturated carbocycles. The zero-order chi connectivity index (χ0) is 15.9. The molecule has 2 aromatic heterocycles. The summed E-state index contributed by atoms with van der Waals surface area (Å²) in [7, 11) is 0. The van der Waals surface area contributed by atoms with E-state index in [0.29, 0.717) is 12.2 Å². The number of hydrogen-bond donors (Lipinski definition) is 1. The summed E-state index contributed by atoms with van der Waals surface area (Å²) in [4.78, 5) is 15.9. The number of hydrogen-bond acceptors (Lipinski definition) is 3. The van der Waals surface area contributed by atoms with Crippen molar-refractivity contribution in [2.75, 3.05) is 5.32 Å². The van der Waals surface area contributed by atoms with Crippen LogP contribution in [0.4, 0.5) is 5.69 Å². The quantitative estimate of drug-likeness (QED) is 0.737. The number of carbonyl (C=O) groups excluding carboxylic acids is 1. The second-order valence-corrected chi connectivity index (χ2v) is 5.02. The highest BCUT2D eigenvalue weighted by atomic mass is 16.1. The van der Waals surface area contributed by atoms with Gasteiger partial charge >= 0.3 is 0 Å². The molecule has 0 bridgehead atoms. The minimum atomic E-state index is -0.201. The molecule has 0 radical (unpaired) electrons. The molecule has 114 valence electrons. The molecule has 0 aliphatic rings. The highest BCUT2D eigenvalue weighted by Gasteiger charge is 2.02. The zero-order valence-electron chi connectivity index (χ0n) is 12.5. The van der Waals surface area contributed by atoms with Crippen LogP contribution >= 0.6 is 0 Å². The van der Waals surface area contributed by atoms with Crippen LogP contribution in [0.5, 0.6) is 0 Å². The van der Waals surface area contributed by atoms with Gasteiger partial charge in [0.25, 0.3) is 0 Å². The zero-order valence-corrected chi connectivity index (χ0v) is 12.5. The summed E-state index contributed by atoms with van der Waals surface area (Å²) in [6, 6.07) is 13.7. The molecule has 5 heteroatoms. The number of anilines is 1. The third-order valence-electron chi connectivity index (χ3n) is 3.20. The molecule has 0 unspecified atom stereocenters. The Hall–Kier alpha value is -3.21. The molecule has 0 fully saturated rings. The van der Waals surface area contributed by atoms with E-state index in [2.05, 4.69) is 15.4 Å². The van der Waals surface area contributed by atoms with Crippen LogP contribution in [0, 0.1) is 0 Å². The van der Waals surface area contributed by atoms with E-state index in [4.69, 9.17) is 0 Å². The van der Waals surface area contributed by atoms with Gasteiger partial charge in [0.1, 0.15) is 0 Å². The van der Waals surface area contributed by atoms with Gasteiger partial charge in [-0.2, -0.15) is 5.10 Å². The van der Waals surface area contributed by atoms with Gasteiger partial charge in [0, 0.05) is 24.7 Å². The van der Waals surface area contributed by atoms with Gasteiger partial charge < -0.3 is 5.32 Å². The Balaban J connectivity index is 1.58. The van der Waals surface area contributed by atoms with Crippen molar-refractivity contribution in [2.45, 2.75) is 6.54 Å². The normalized spacial score (nSPS) is 10.8. The van der Waals surface area contributed by atoms with Crippen molar-refractivity contribution in [3.63, 3.8) is 0 Å². The first-order valence-electron chi connectivity index (χ1n) is 7.25. The monoisotopic (exact) mass is 304 g/mol. The Morgan fingerprint density at radius 2 is 2.00 bits per heavy atom. The topological polar surface area (TPSA) is 59.8 Å². The number of pyridine rings is 1. The number of rotatable bonds is 5. The van der Waals surface area contributed by atoms with Crippen LogP contribution in [-0.4, -0.2) is 20.7 Å². The van der Waals surface area contributed by atoms with Crippen molar-refractivity contribution in [1.29, 1.82) is 0 Å². The van der Waals surface area contributed by atoms with E-state index in [0.717, 1.165) is 11.1 Å². The van der Waals surface area contributed by atoms with Gasteiger partial charge in [0.15, 0.2) is 0 Å². The van der Waals surface area contributed by atoms with Gasteiger partial charge in [-0.1, -0.05) is 36.4 Å². The minimum absolute atomic E-state index is 0.201. The van der Waals surface area contributed by atoms with Crippen LogP contribution in [0.15, 0.2) is 73.3 Å². The van der Waals surface area contributed by atoms with E-state index in [9.17, 15) is 4.79 Å². The van der Waals surface area contributed by atoms with Crippen LogP contribution in [0.25, 0.3) is 6.08 Å².